The molecular formula is C23H26N4O2. The highest BCUT2D eigenvalue weighted by Crippen LogP contribution is 2.45. The van der Waals surface area contributed by atoms with Crippen LogP contribution in [0.15, 0.2) is 79.3 Å². The number of anilines is 2. The van der Waals surface area contributed by atoms with E-state index in [1.165, 1.54) is 10.8 Å². The normalized spacial score (nSPS) is 16.5. The third-order valence-electron chi connectivity index (χ3n) is 5.21. The van der Waals surface area contributed by atoms with Crippen LogP contribution in [0, 0.1) is 0 Å². The summed E-state index contributed by atoms with van der Waals surface area (Å²) in [6.07, 6.45) is 8.46. The van der Waals surface area contributed by atoms with Crippen molar-refractivity contribution in [1.29, 1.82) is 0 Å². The van der Waals surface area contributed by atoms with E-state index in [-0.39, 0.29) is 11.5 Å². The molecule has 3 rings (SSSR count). The third-order valence-corrected chi connectivity index (χ3v) is 5.21. The highest BCUT2D eigenvalue weighted by atomic mass is 16.2. The highest BCUT2D eigenvalue weighted by molar-refractivity contribution is 5.94. The summed E-state index contributed by atoms with van der Waals surface area (Å²) in [5.41, 5.74) is 0.281. The largest absolute Gasteiger partial charge is 0.376 e. The van der Waals surface area contributed by atoms with Crippen LogP contribution in [0.4, 0.5) is 11.4 Å². The maximum atomic E-state index is 13.2. The van der Waals surface area contributed by atoms with Gasteiger partial charge in [-0.2, -0.15) is 0 Å². The summed E-state index contributed by atoms with van der Waals surface area (Å²) < 4.78 is 1.52. The van der Waals surface area contributed by atoms with Gasteiger partial charge in [-0.25, -0.2) is 4.98 Å². The summed E-state index contributed by atoms with van der Waals surface area (Å²) in [5, 5.41) is 5.93. The van der Waals surface area contributed by atoms with E-state index in [1.807, 2.05) is 30.3 Å². The van der Waals surface area contributed by atoms with E-state index in [2.05, 4.69) is 35.4 Å². The molecule has 1 aromatic heterocycles. The van der Waals surface area contributed by atoms with Gasteiger partial charge in [0.25, 0.3) is 5.56 Å². The predicted octanol–water partition coefficient (Wildman–Crippen LogP) is 3.81. The SMILES string of the molecule is C=CCNc1cnc2n(c1=O)C(C(=O)Nc1ccccc1)CC2(CC=C)CC=C. The molecule has 0 saturated heterocycles. The monoisotopic (exact) mass is 390 g/mol. The number of allylic oxidation sites excluding steroid dienone is 2. The van der Waals surface area contributed by atoms with E-state index in [9.17, 15) is 9.59 Å². The van der Waals surface area contributed by atoms with Crippen LogP contribution >= 0.6 is 0 Å². The summed E-state index contributed by atoms with van der Waals surface area (Å²) in [7, 11) is 0. The Kier molecular flexibility index (Phi) is 6.12. The first-order valence-electron chi connectivity index (χ1n) is 9.61. The first kappa shape index (κ1) is 20.3. The van der Waals surface area contributed by atoms with Crippen molar-refractivity contribution < 1.29 is 4.79 Å². The van der Waals surface area contributed by atoms with Crippen molar-refractivity contribution in [3.8, 4) is 0 Å². The van der Waals surface area contributed by atoms with Crippen molar-refractivity contribution in [1.82, 2.24) is 9.55 Å². The number of fused-ring (bicyclic) bond motifs is 1. The topological polar surface area (TPSA) is 76.0 Å². The fraction of sp³-hybridized carbons (Fsp3) is 0.261. The van der Waals surface area contributed by atoms with Gasteiger partial charge < -0.3 is 10.6 Å². The van der Waals surface area contributed by atoms with E-state index >= 15 is 0 Å². The molecule has 0 radical (unpaired) electrons. The number of aromatic nitrogens is 2. The molecule has 2 N–H and O–H groups in total. The lowest BCUT2D eigenvalue weighted by Crippen LogP contribution is -2.33. The average Bonchev–Trinajstić information content (AvgIpc) is 3.04. The number of para-hydroxylation sites is 1. The van der Waals surface area contributed by atoms with Crippen LogP contribution in [0.1, 0.15) is 31.1 Å². The van der Waals surface area contributed by atoms with E-state index in [1.54, 1.807) is 18.2 Å². The molecular weight excluding hydrogens is 364 g/mol. The van der Waals surface area contributed by atoms with Gasteiger partial charge in [0.2, 0.25) is 5.91 Å². The van der Waals surface area contributed by atoms with Gasteiger partial charge in [0.1, 0.15) is 17.6 Å². The summed E-state index contributed by atoms with van der Waals surface area (Å²) in [6, 6.07) is 8.54. The lowest BCUT2D eigenvalue weighted by atomic mass is 9.77. The van der Waals surface area contributed by atoms with E-state index in [0.717, 1.165) is 0 Å². The second-order valence-electron chi connectivity index (χ2n) is 7.18. The van der Waals surface area contributed by atoms with Gasteiger partial charge in [0, 0.05) is 17.6 Å². The highest BCUT2D eigenvalue weighted by Gasteiger charge is 2.47. The smallest absolute Gasteiger partial charge is 0.277 e. The van der Waals surface area contributed by atoms with Gasteiger partial charge in [0.15, 0.2) is 0 Å². The molecule has 150 valence electrons. The van der Waals surface area contributed by atoms with Crippen molar-refractivity contribution in [2.24, 2.45) is 0 Å². The Morgan fingerprint density at radius 2 is 1.86 bits per heavy atom. The van der Waals surface area contributed by atoms with Crippen LogP contribution in [0.25, 0.3) is 0 Å². The molecule has 0 fully saturated rings. The summed E-state index contributed by atoms with van der Waals surface area (Å²) in [4.78, 5) is 31.0. The van der Waals surface area contributed by atoms with Gasteiger partial charge in [-0.05, 0) is 31.4 Å². The van der Waals surface area contributed by atoms with Crippen LogP contribution in [-0.2, 0) is 10.2 Å². The molecule has 1 unspecified atom stereocenters. The lowest BCUT2D eigenvalue weighted by molar-refractivity contribution is -0.119. The summed E-state index contributed by atoms with van der Waals surface area (Å²) in [5.74, 6) is 0.358. The zero-order valence-electron chi connectivity index (χ0n) is 16.4. The molecule has 1 aliphatic rings. The molecule has 6 nitrogen and oxygen atoms in total. The van der Waals surface area contributed by atoms with Crippen molar-refractivity contribution in [2.45, 2.75) is 30.7 Å². The van der Waals surface area contributed by atoms with Crippen molar-refractivity contribution in [3.63, 3.8) is 0 Å². The molecule has 0 saturated carbocycles. The van der Waals surface area contributed by atoms with Gasteiger partial charge in [-0.1, -0.05) is 36.4 Å². The minimum Gasteiger partial charge on any atom is -0.376 e. The van der Waals surface area contributed by atoms with Gasteiger partial charge in [0.05, 0.1) is 6.20 Å². The number of nitrogens with one attached hydrogen (secondary N) is 2. The Morgan fingerprint density at radius 3 is 2.48 bits per heavy atom. The van der Waals surface area contributed by atoms with Crippen LogP contribution in [0.2, 0.25) is 0 Å². The number of hydrogen-bond acceptors (Lipinski definition) is 4. The van der Waals surface area contributed by atoms with Gasteiger partial charge in [-0.15, -0.1) is 19.7 Å². The average molecular weight is 390 g/mol. The molecule has 29 heavy (non-hydrogen) atoms. The Bertz CT molecular complexity index is 968. The number of rotatable bonds is 9. The number of carbonyl (C=O) groups is 1. The Hall–Kier alpha value is -3.41. The molecule has 1 aliphatic heterocycles. The molecule has 0 bridgehead atoms. The quantitative estimate of drug-likeness (QED) is 0.639. The molecule has 2 heterocycles. The van der Waals surface area contributed by atoms with Crippen LogP contribution in [0.5, 0.6) is 0 Å². The molecule has 1 aromatic carbocycles. The zero-order valence-corrected chi connectivity index (χ0v) is 16.4. The predicted molar refractivity (Wildman–Crippen MR) is 117 cm³/mol. The number of hydrogen-bond donors (Lipinski definition) is 2. The maximum Gasteiger partial charge on any atom is 0.277 e. The Labute approximate surface area is 170 Å². The minimum atomic E-state index is -0.671. The Balaban J connectivity index is 2.07. The van der Waals surface area contributed by atoms with Crippen molar-refractivity contribution >= 4 is 17.3 Å². The Morgan fingerprint density at radius 1 is 1.17 bits per heavy atom. The zero-order chi connectivity index (χ0) is 20.9. The first-order chi connectivity index (χ1) is 14.1. The third kappa shape index (κ3) is 3.92. The minimum absolute atomic E-state index is 0.239. The van der Waals surface area contributed by atoms with Crippen LogP contribution in [0.3, 0.4) is 0 Å². The molecule has 0 aliphatic carbocycles. The standard InChI is InChI=1S/C23H26N4O2/c1-4-12-23(13-5-2)15-19(20(28)26-17-10-8-7-9-11-17)27-21(29)18(24-14-6-3)16-25-22(23)27/h4-11,16,19,24H,1-3,12-15H2,(H,26,28). The lowest BCUT2D eigenvalue weighted by Gasteiger charge is -2.25. The van der Waals surface area contributed by atoms with E-state index in [0.29, 0.717) is 43.0 Å². The summed E-state index contributed by atoms with van der Waals surface area (Å²) >= 11 is 0. The first-order valence-corrected chi connectivity index (χ1v) is 9.61. The summed E-state index contributed by atoms with van der Waals surface area (Å²) in [6.45, 7) is 11.8. The fourth-order valence-corrected chi connectivity index (χ4v) is 3.95. The molecule has 2 aromatic rings. The van der Waals surface area contributed by atoms with Gasteiger partial charge >= 0.3 is 0 Å². The van der Waals surface area contributed by atoms with Crippen LogP contribution in [-0.4, -0.2) is 22.0 Å². The second-order valence-corrected chi connectivity index (χ2v) is 7.18. The van der Waals surface area contributed by atoms with Gasteiger partial charge in [-0.3, -0.25) is 14.2 Å². The van der Waals surface area contributed by atoms with E-state index in [4.69, 9.17) is 0 Å². The van der Waals surface area contributed by atoms with Crippen molar-refractivity contribution in [2.75, 3.05) is 17.2 Å². The number of carbonyl (C=O) groups excluding carboxylic acids is 1. The maximum absolute atomic E-state index is 13.2. The molecule has 0 spiro atoms. The van der Waals surface area contributed by atoms with E-state index < -0.39 is 11.5 Å². The van der Waals surface area contributed by atoms with Crippen LogP contribution < -0.4 is 16.2 Å². The van der Waals surface area contributed by atoms with Crippen molar-refractivity contribution in [3.05, 3.63) is 90.7 Å². The second kappa shape index (κ2) is 8.73. The molecule has 1 amide bonds. The number of benzene rings is 1. The number of nitrogens with zero attached hydrogens (tertiary/aromatic N) is 2. The molecule has 6 heteroatoms. The fourth-order valence-electron chi connectivity index (χ4n) is 3.95. The molecule has 1 atom stereocenters. The number of amides is 1.